The van der Waals surface area contributed by atoms with Gasteiger partial charge in [-0.25, -0.2) is 0 Å². The minimum absolute atomic E-state index is 0.135. The molecule has 2 heteroatoms. The Kier molecular flexibility index (Phi) is 7.83. The summed E-state index contributed by atoms with van der Waals surface area (Å²) >= 11 is 0. The summed E-state index contributed by atoms with van der Waals surface area (Å²) in [7, 11) is 0. The summed E-state index contributed by atoms with van der Waals surface area (Å²) in [5, 5.41) is 0. The van der Waals surface area contributed by atoms with Gasteiger partial charge in [0, 0.05) is 6.61 Å². The van der Waals surface area contributed by atoms with Gasteiger partial charge in [0.2, 0.25) is 0 Å². The van der Waals surface area contributed by atoms with E-state index < -0.39 is 0 Å². The minimum atomic E-state index is 0.135. The Morgan fingerprint density at radius 2 is 1.62 bits per heavy atom. The zero-order valence-corrected chi connectivity index (χ0v) is 13.4. The van der Waals surface area contributed by atoms with Gasteiger partial charge in [0.05, 0.1) is 6.61 Å². The maximum Gasteiger partial charge on any atom is 0.111 e. The Bertz CT molecular complexity index is 359. The highest BCUT2D eigenvalue weighted by molar-refractivity contribution is 5.19. The molecule has 21 heavy (non-hydrogen) atoms. The van der Waals surface area contributed by atoms with Crippen LogP contribution in [0, 0.1) is 0 Å². The number of hydrogen-bond donors (Lipinski definition) is 0. The summed E-state index contributed by atoms with van der Waals surface area (Å²) in [4.78, 5) is 0. The van der Waals surface area contributed by atoms with Crippen LogP contribution in [0.1, 0.15) is 70.0 Å². The second kappa shape index (κ2) is 9.97. The highest BCUT2D eigenvalue weighted by Crippen LogP contribution is 2.31. The van der Waals surface area contributed by atoms with E-state index in [9.17, 15) is 0 Å². The highest BCUT2D eigenvalue weighted by atomic mass is 16.6. The molecule has 2 atom stereocenters. The maximum atomic E-state index is 6.07. The third-order valence-corrected chi connectivity index (χ3v) is 4.12. The first-order valence-corrected chi connectivity index (χ1v) is 8.70. The first-order valence-electron chi connectivity index (χ1n) is 8.70. The Balaban J connectivity index is 1.54. The lowest BCUT2D eigenvalue weighted by Crippen LogP contribution is -2.11. The van der Waals surface area contributed by atoms with Crippen molar-refractivity contribution in [3.05, 3.63) is 35.9 Å². The average molecular weight is 290 g/mol. The van der Waals surface area contributed by atoms with Gasteiger partial charge in [-0.3, -0.25) is 0 Å². The van der Waals surface area contributed by atoms with Crippen LogP contribution in [0.15, 0.2) is 30.3 Å². The number of ether oxygens (including phenoxy) is 2. The Morgan fingerprint density at radius 1 is 1.00 bits per heavy atom. The van der Waals surface area contributed by atoms with E-state index in [1.54, 1.807) is 0 Å². The van der Waals surface area contributed by atoms with Crippen LogP contribution in [-0.2, 0) is 9.47 Å². The van der Waals surface area contributed by atoms with Gasteiger partial charge < -0.3 is 9.47 Å². The molecule has 2 rings (SSSR count). The summed E-state index contributed by atoms with van der Waals surface area (Å²) in [5.74, 6) is 0. The van der Waals surface area contributed by atoms with Crippen molar-refractivity contribution in [2.24, 2.45) is 0 Å². The summed E-state index contributed by atoms with van der Waals surface area (Å²) < 4.78 is 11.5. The summed E-state index contributed by atoms with van der Waals surface area (Å²) in [6.07, 6.45) is 11.1. The van der Waals surface area contributed by atoms with E-state index in [4.69, 9.17) is 9.47 Å². The minimum Gasteiger partial charge on any atom is -0.371 e. The standard InChI is InChI=1S/C19H30O2/c1-2-3-4-5-6-7-8-12-15-20-19(18-16-21-18)17-13-10-9-11-14-17/h9-11,13-14,18-19H,2-8,12,15-16H2,1H3. The Hall–Kier alpha value is -0.860. The predicted molar refractivity (Wildman–Crippen MR) is 87.5 cm³/mol. The second-order valence-corrected chi connectivity index (χ2v) is 6.05. The molecule has 1 aromatic carbocycles. The smallest absolute Gasteiger partial charge is 0.111 e. The summed E-state index contributed by atoms with van der Waals surface area (Å²) in [6, 6.07) is 10.5. The van der Waals surface area contributed by atoms with Crippen LogP contribution in [0.4, 0.5) is 0 Å². The van der Waals surface area contributed by atoms with Crippen molar-refractivity contribution in [3.63, 3.8) is 0 Å². The number of hydrogen-bond acceptors (Lipinski definition) is 2. The molecule has 0 amide bonds. The zero-order chi connectivity index (χ0) is 14.8. The molecule has 118 valence electrons. The highest BCUT2D eigenvalue weighted by Gasteiger charge is 2.34. The molecule has 1 fully saturated rings. The van der Waals surface area contributed by atoms with Crippen LogP contribution >= 0.6 is 0 Å². The molecule has 0 N–H and O–H groups in total. The Labute approximate surface area is 129 Å². The molecule has 0 bridgehead atoms. The zero-order valence-electron chi connectivity index (χ0n) is 13.4. The van der Waals surface area contributed by atoms with Crippen molar-refractivity contribution < 1.29 is 9.47 Å². The van der Waals surface area contributed by atoms with Gasteiger partial charge in [-0.05, 0) is 12.0 Å². The van der Waals surface area contributed by atoms with Gasteiger partial charge in [-0.1, -0.05) is 82.2 Å². The summed E-state index contributed by atoms with van der Waals surface area (Å²) in [5.41, 5.74) is 1.25. The topological polar surface area (TPSA) is 21.8 Å². The van der Waals surface area contributed by atoms with Gasteiger partial charge in [0.15, 0.2) is 0 Å². The average Bonchev–Trinajstić information content (AvgIpc) is 3.35. The normalized spacial score (nSPS) is 18.6. The van der Waals surface area contributed by atoms with Crippen molar-refractivity contribution in [1.82, 2.24) is 0 Å². The molecule has 0 aromatic heterocycles. The second-order valence-electron chi connectivity index (χ2n) is 6.05. The van der Waals surface area contributed by atoms with E-state index in [2.05, 4.69) is 31.2 Å². The first-order chi connectivity index (χ1) is 10.4. The Morgan fingerprint density at radius 3 is 2.24 bits per heavy atom. The summed E-state index contributed by atoms with van der Waals surface area (Å²) in [6.45, 7) is 3.97. The van der Waals surface area contributed by atoms with E-state index in [1.807, 2.05) is 6.07 Å². The fourth-order valence-corrected chi connectivity index (χ4v) is 2.74. The third kappa shape index (κ3) is 6.62. The first kappa shape index (κ1) is 16.5. The van der Waals surface area contributed by atoms with E-state index in [0.29, 0.717) is 0 Å². The van der Waals surface area contributed by atoms with Gasteiger partial charge in [0.1, 0.15) is 12.2 Å². The number of epoxide rings is 1. The lowest BCUT2D eigenvalue weighted by Gasteiger charge is -2.16. The molecule has 0 aliphatic carbocycles. The van der Waals surface area contributed by atoms with Crippen molar-refractivity contribution in [2.45, 2.75) is 70.5 Å². The van der Waals surface area contributed by atoms with Gasteiger partial charge in [0.25, 0.3) is 0 Å². The molecular formula is C19H30O2. The lowest BCUT2D eigenvalue weighted by atomic mass is 10.1. The quantitative estimate of drug-likeness (QED) is 0.385. The van der Waals surface area contributed by atoms with Crippen molar-refractivity contribution in [2.75, 3.05) is 13.2 Å². The predicted octanol–water partition coefficient (Wildman–Crippen LogP) is 5.28. The molecule has 1 saturated heterocycles. The molecular weight excluding hydrogens is 260 g/mol. The van der Waals surface area contributed by atoms with Crippen LogP contribution in [0.3, 0.4) is 0 Å². The van der Waals surface area contributed by atoms with E-state index >= 15 is 0 Å². The maximum absolute atomic E-state index is 6.07. The number of unbranched alkanes of at least 4 members (excludes halogenated alkanes) is 7. The van der Waals surface area contributed by atoms with Crippen molar-refractivity contribution in [1.29, 1.82) is 0 Å². The molecule has 0 spiro atoms. The molecule has 0 saturated carbocycles. The van der Waals surface area contributed by atoms with Crippen molar-refractivity contribution >= 4 is 0 Å². The molecule has 1 aromatic rings. The monoisotopic (exact) mass is 290 g/mol. The van der Waals surface area contributed by atoms with Gasteiger partial charge in [-0.15, -0.1) is 0 Å². The van der Waals surface area contributed by atoms with Crippen LogP contribution in [0.2, 0.25) is 0 Å². The lowest BCUT2D eigenvalue weighted by molar-refractivity contribution is 0.0299. The molecule has 0 radical (unpaired) electrons. The van der Waals surface area contributed by atoms with Crippen LogP contribution < -0.4 is 0 Å². The molecule has 1 aliphatic rings. The molecule has 1 aliphatic heterocycles. The third-order valence-electron chi connectivity index (χ3n) is 4.12. The van der Waals surface area contributed by atoms with Gasteiger partial charge in [-0.2, -0.15) is 0 Å². The van der Waals surface area contributed by atoms with Crippen LogP contribution in [0.25, 0.3) is 0 Å². The van der Waals surface area contributed by atoms with Gasteiger partial charge >= 0.3 is 0 Å². The van der Waals surface area contributed by atoms with Crippen LogP contribution in [0.5, 0.6) is 0 Å². The fourth-order valence-electron chi connectivity index (χ4n) is 2.74. The van der Waals surface area contributed by atoms with Crippen LogP contribution in [-0.4, -0.2) is 19.3 Å². The van der Waals surface area contributed by atoms with E-state index in [0.717, 1.165) is 13.2 Å². The number of benzene rings is 1. The molecule has 2 unspecified atom stereocenters. The molecule has 2 nitrogen and oxygen atoms in total. The largest absolute Gasteiger partial charge is 0.371 e. The van der Waals surface area contributed by atoms with E-state index in [-0.39, 0.29) is 12.2 Å². The number of rotatable bonds is 12. The molecule has 1 heterocycles. The van der Waals surface area contributed by atoms with Crippen molar-refractivity contribution in [3.8, 4) is 0 Å². The fraction of sp³-hybridized carbons (Fsp3) is 0.684. The van der Waals surface area contributed by atoms with E-state index in [1.165, 1.54) is 56.9 Å². The SMILES string of the molecule is CCCCCCCCCCOC(c1ccccc1)C1CO1.